The van der Waals surface area contributed by atoms with Crippen molar-refractivity contribution in [1.29, 1.82) is 0 Å². The molecule has 0 aliphatic heterocycles. The molecule has 1 N–H and O–H groups in total. The predicted octanol–water partition coefficient (Wildman–Crippen LogP) is 7.93. The van der Waals surface area contributed by atoms with Gasteiger partial charge in [-0.05, 0) is 51.4 Å². The Hall–Kier alpha value is -1.84. The average molecular weight is 435 g/mol. The number of carbonyl (C=O) groups is 2. The lowest BCUT2D eigenvalue weighted by molar-refractivity contribution is -0.153. The number of allylic oxidation sites excluding steroid dienone is 6. The molecule has 0 amide bonds. The van der Waals surface area contributed by atoms with Crippen molar-refractivity contribution >= 4 is 11.9 Å². The summed E-state index contributed by atoms with van der Waals surface area (Å²) in [5.74, 6) is -1.19. The standard InChI is InChI=1S/C27H46O4/c1-3-5-6-7-8-9-10-11-12-13-14-15-16-17-18-19-20-21-22-23-27(30)31-25(4-2)24-26(28)29/h8-9,11-12,14-15,25H,3-7,10,13,16-24H2,1-2H3,(H,28,29)/b9-8-,12-11-,15-14-. The molecule has 0 rings (SSSR count). The molecule has 31 heavy (non-hydrogen) atoms. The second-order valence-electron chi connectivity index (χ2n) is 8.16. The molecule has 0 radical (unpaired) electrons. The molecule has 4 nitrogen and oxygen atoms in total. The molecule has 0 spiro atoms. The van der Waals surface area contributed by atoms with Gasteiger partial charge in [-0.2, -0.15) is 0 Å². The van der Waals surface area contributed by atoms with Crippen LogP contribution in [0.25, 0.3) is 0 Å². The number of rotatable bonds is 21. The number of aliphatic carboxylic acids is 1. The fourth-order valence-corrected chi connectivity index (χ4v) is 3.24. The highest BCUT2D eigenvalue weighted by Crippen LogP contribution is 2.11. The fourth-order valence-electron chi connectivity index (χ4n) is 3.24. The predicted molar refractivity (Wildman–Crippen MR) is 130 cm³/mol. The zero-order chi connectivity index (χ0) is 23.0. The van der Waals surface area contributed by atoms with E-state index in [-0.39, 0.29) is 12.4 Å². The quantitative estimate of drug-likeness (QED) is 0.113. The SMILES string of the molecule is CCCCC/C=C\C/C=C\C/C=C\CCCCCCCCC(=O)OC(CC)CC(=O)O. The molecule has 1 atom stereocenters. The van der Waals surface area contributed by atoms with E-state index in [9.17, 15) is 9.59 Å². The van der Waals surface area contributed by atoms with E-state index in [1.54, 1.807) is 0 Å². The third kappa shape index (κ3) is 22.7. The first-order chi connectivity index (χ1) is 15.1. The van der Waals surface area contributed by atoms with Crippen LogP contribution >= 0.6 is 0 Å². The monoisotopic (exact) mass is 434 g/mol. The maximum Gasteiger partial charge on any atom is 0.307 e. The van der Waals surface area contributed by atoms with Gasteiger partial charge in [0.05, 0.1) is 6.42 Å². The molecule has 0 fully saturated rings. The summed E-state index contributed by atoms with van der Waals surface area (Å²) in [5, 5.41) is 8.77. The largest absolute Gasteiger partial charge is 0.481 e. The van der Waals surface area contributed by atoms with E-state index >= 15 is 0 Å². The van der Waals surface area contributed by atoms with Gasteiger partial charge in [0.2, 0.25) is 0 Å². The van der Waals surface area contributed by atoms with Crippen molar-refractivity contribution in [2.75, 3.05) is 0 Å². The Labute approximate surface area is 190 Å². The van der Waals surface area contributed by atoms with Gasteiger partial charge in [-0.25, -0.2) is 0 Å². The van der Waals surface area contributed by atoms with Crippen LogP contribution < -0.4 is 0 Å². The second-order valence-corrected chi connectivity index (χ2v) is 8.16. The normalized spacial score (nSPS) is 12.8. The Morgan fingerprint density at radius 3 is 1.81 bits per heavy atom. The van der Waals surface area contributed by atoms with Gasteiger partial charge in [-0.1, -0.05) is 88.8 Å². The number of unbranched alkanes of at least 4 members (excludes halogenated alkanes) is 9. The summed E-state index contributed by atoms with van der Waals surface area (Å²) in [7, 11) is 0. The number of carbonyl (C=O) groups excluding carboxylic acids is 1. The minimum Gasteiger partial charge on any atom is -0.481 e. The maximum atomic E-state index is 11.7. The number of ether oxygens (including phenoxy) is 1. The van der Waals surface area contributed by atoms with Gasteiger partial charge in [0, 0.05) is 6.42 Å². The molecule has 0 aromatic heterocycles. The molecular weight excluding hydrogens is 388 g/mol. The second kappa shape index (κ2) is 22.8. The number of hydrogen-bond donors (Lipinski definition) is 1. The van der Waals surface area contributed by atoms with Crippen LogP contribution in [0.15, 0.2) is 36.5 Å². The highest BCUT2D eigenvalue weighted by atomic mass is 16.5. The Balaban J connectivity index is 3.46. The highest BCUT2D eigenvalue weighted by Gasteiger charge is 2.15. The smallest absolute Gasteiger partial charge is 0.307 e. The van der Waals surface area contributed by atoms with Crippen molar-refractivity contribution in [2.24, 2.45) is 0 Å². The van der Waals surface area contributed by atoms with E-state index in [0.29, 0.717) is 12.8 Å². The Morgan fingerprint density at radius 1 is 0.742 bits per heavy atom. The summed E-state index contributed by atoms with van der Waals surface area (Å²) < 4.78 is 5.21. The Morgan fingerprint density at radius 2 is 1.26 bits per heavy atom. The van der Waals surface area contributed by atoms with Crippen molar-refractivity contribution in [2.45, 2.75) is 123 Å². The van der Waals surface area contributed by atoms with E-state index in [1.807, 2.05) is 6.92 Å². The Bertz CT molecular complexity index is 519. The van der Waals surface area contributed by atoms with E-state index in [2.05, 4.69) is 43.4 Å². The lowest BCUT2D eigenvalue weighted by atomic mass is 10.1. The van der Waals surface area contributed by atoms with Crippen LogP contribution in [0.1, 0.15) is 117 Å². The summed E-state index contributed by atoms with van der Waals surface area (Å²) >= 11 is 0. The van der Waals surface area contributed by atoms with E-state index in [1.165, 1.54) is 44.9 Å². The van der Waals surface area contributed by atoms with Crippen molar-refractivity contribution < 1.29 is 19.4 Å². The summed E-state index contributed by atoms with van der Waals surface area (Å²) in [6.07, 6.45) is 28.9. The Kier molecular flexibility index (Phi) is 21.5. The molecule has 178 valence electrons. The van der Waals surface area contributed by atoms with Gasteiger partial charge in [0.25, 0.3) is 0 Å². The van der Waals surface area contributed by atoms with Crippen molar-refractivity contribution in [3.05, 3.63) is 36.5 Å². The van der Waals surface area contributed by atoms with Crippen molar-refractivity contribution in [3.63, 3.8) is 0 Å². The molecule has 0 aromatic carbocycles. The first-order valence-corrected chi connectivity index (χ1v) is 12.5. The maximum absolute atomic E-state index is 11.7. The van der Waals surface area contributed by atoms with Crippen LogP contribution in [0.3, 0.4) is 0 Å². The molecule has 0 bridgehead atoms. The molecule has 0 aliphatic carbocycles. The van der Waals surface area contributed by atoms with Crippen LogP contribution in [-0.2, 0) is 14.3 Å². The van der Waals surface area contributed by atoms with Crippen LogP contribution in [0.5, 0.6) is 0 Å². The molecule has 0 aliphatic rings. The first kappa shape index (κ1) is 29.2. The van der Waals surface area contributed by atoms with Crippen LogP contribution in [0, 0.1) is 0 Å². The van der Waals surface area contributed by atoms with Gasteiger partial charge in [-0.3, -0.25) is 9.59 Å². The third-order valence-corrected chi connectivity index (χ3v) is 5.18. The minimum atomic E-state index is -0.924. The van der Waals surface area contributed by atoms with Gasteiger partial charge >= 0.3 is 11.9 Å². The minimum absolute atomic E-state index is 0.108. The zero-order valence-corrected chi connectivity index (χ0v) is 20.0. The summed E-state index contributed by atoms with van der Waals surface area (Å²) in [5.41, 5.74) is 0. The van der Waals surface area contributed by atoms with Crippen molar-refractivity contribution in [1.82, 2.24) is 0 Å². The zero-order valence-electron chi connectivity index (χ0n) is 20.0. The summed E-state index contributed by atoms with van der Waals surface area (Å²) in [6, 6.07) is 0. The number of hydrogen-bond acceptors (Lipinski definition) is 3. The molecule has 4 heteroatoms. The average Bonchev–Trinajstić information content (AvgIpc) is 2.74. The van der Waals surface area contributed by atoms with Gasteiger partial charge in [0.1, 0.15) is 6.10 Å². The third-order valence-electron chi connectivity index (χ3n) is 5.18. The van der Waals surface area contributed by atoms with E-state index in [0.717, 1.165) is 38.5 Å². The van der Waals surface area contributed by atoms with Crippen molar-refractivity contribution in [3.8, 4) is 0 Å². The highest BCUT2D eigenvalue weighted by molar-refractivity contribution is 5.71. The van der Waals surface area contributed by atoms with Crippen LogP contribution in [0.4, 0.5) is 0 Å². The lowest BCUT2D eigenvalue weighted by Crippen LogP contribution is -2.20. The topological polar surface area (TPSA) is 63.6 Å². The lowest BCUT2D eigenvalue weighted by Gasteiger charge is -2.13. The number of esters is 1. The van der Waals surface area contributed by atoms with Gasteiger partial charge < -0.3 is 9.84 Å². The molecule has 0 aromatic rings. The number of carboxylic acid groups (broad SMARTS) is 1. The molecule has 1 unspecified atom stereocenters. The van der Waals surface area contributed by atoms with Gasteiger partial charge in [-0.15, -0.1) is 0 Å². The van der Waals surface area contributed by atoms with E-state index in [4.69, 9.17) is 9.84 Å². The summed E-state index contributed by atoms with van der Waals surface area (Å²) in [4.78, 5) is 22.4. The molecule has 0 heterocycles. The van der Waals surface area contributed by atoms with Crippen LogP contribution in [-0.4, -0.2) is 23.1 Å². The molecule has 0 saturated carbocycles. The van der Waals surface area contributed by atoms with Gasteiger partial charge in [0.15, 0.2) is 0 Å². The summed E-state index contributed by atoms with van der Waals surface area (Å²) in [6.45, 7) is 4.07. The first-order valence-electron chi connectivity index (χ1n) is 12.5. The van der Waals surface area contributed by atoms with E-state index < -0.39 is 12.1 Å². The molecule has 0 saturated heterocycles. The van der Waals surface area contributed by atoms with Crippen LogP contribution in [0.2, 0.25) is 0 Å². The molecular formula is C27H46O4. The fraction of sp³-hybridized carbons (Fsp3) is 0.704. The number of carboxylic acids is 1.